The summed E-state index contributed by atoms with van der Waals surface area (Å²) < 4.78 is 0. The zero-order valence-corrected chi connectivity index (χ0v) is 12.3. The molecule has 0 saturated carbocycles. The van der Waals surface area contributed by atoms with Gasteiger partial charge in [-0.25, -0.2) is 0 Å². The molecule has 1 rings (SSSR count). The van der Waals surface area contributed by atoms with Crippen LogP contribution in [0.1, 0.15) is 25.3 Å². The fourth-order valence-corrected chi connectivity index (χ4v) is 1.68. The SMILES string of the molecule is CCCC(NCC(=O)NCc1ccccc1)C(=O)O.Cl. The topological polar surface area (TPSA) is 78.4 Å². The van der Waals surface area contributed by atoms with Gasteiger partial charge in [-0.1, -0.05) is 43.7 Å². The largest absolute Gasteiger partial charge is 0.480 e. The molecule has 0 radical (unpaired) electrons. The number of aliphatic carboxylic acids is 1. The number of benzene rings is 1. The molecule has 20 heavy (non-hydrogen) atoms. The molecule has 0 heterocycles. The van der Waals surface area contributed by atoms with Gasteiger partial charge in [0.25, 0.3) is 0 Å². The molecule has 6 heteroatoms. The molecule has 0 spiro atoms. The van der Waals surface area contributed by atoms with Gasteiger partial charge in [-0.2, -0.15) is 0 Å². The zero-order valence-electron chi connectivity index (χ0n) is 11.5. The molecule has 1 amide bonds. The van der Waals surface area contributed by atoms with E-state index in [1.165, 1.54) is 0 Å². The third-order valence-corrected chi connectivity index (χ3v) is 2.72. The quantitative estimate of drug-likeness (QED) is 0.681. The molecule has 1 aromatic carbocycles. The first-order valence-electron chi connectivity index (χ1n) is 6.40. The molecule has 112 valence electrons. The first-order valence-corrected chi connectivity index (χ1v) is 6.40. The van der Waals surface area contributed by atoms with Gasteiger partial charge in [-0.05, 0) is 12.0 Å². The van der Waals surface area contributed by atoms with Gasteiger partial charge < -0.3 is 10.4 Å². The maximum absolute atomic E-state index is 11.6. The van der Waals surface area contributed by atoms with Crippen LogP contribution >= 0.6 is 12.4 Å². The van der Waals surface area contributed by atoms with E-state index in [9.17, 15) is 9.59 Å². The molecule has 1 atom stereocenters. The Hall–Kier alpha value is -1.59. The number of carboxylic acid groups (broad SMARTS) is 1. The third-order valence-electron chi connectivity index (χ3n) is 2.72. The predicted molar refractivity (Wildman–Crippen MR) is 79.9 cm³/mol. The molecule has 0 aliphatic carbocycles. The summed E-state index contributed by atoms with van der Waals surface area (Å²) in [6, 6.07) is 8.90. The molecule has 1 aromatic rings. The van der Waals surface area contributed by atoms with Crippen LogP contribution in [0.25, 0.3) is 0 Å². The normalized spacial score (nSPS) is 11.2. The van der Waals surface area contributed by atoms with Crippen molar-refractivity contribution in [2.24, 2.45) is 0 Å². The van der Waals surface area contributed by atoms with Crippen LogP contribution in [0, 0.1) is 0 Å². The number of halogens is 1. The maximum atomic E-state index is 11.6. The van der Waals surface area contributed by atoms with Gasteiger partial charge in [0.2, 0.25) is 5.91 Å². The van der Waals surface area contributed by atoms with Gasteiger partial charge >= 0.3 is 5.97 Å². The Bertz CT molecular complexity index is 412. The summed E-state index contributed by atoms with van der Waals surface area (Å²) in [7, 11) is 0. The van der Waals surface area contributed by atoms with Crippen molar-refractivity contribution in [2.75, 3.05) is 6.54 Å². The lowest BCUT2D eigenvalue weighted by Crippen LogP contribution is -2.42. The first kappa shape index (κ1) is 18.4. The van der Waals surface area contributed by atoms with E-state index in [0.717, 1.165) is 12.0 Å². The van der Waals surface area contributed by atoms with Gasteiger partial charge in [0, 0.05) is 6.54 Å². The lowest BCUT2D eigenvalue weighted by Gasteiger charge is -2.13. The minimum Gasteiger partial charge on any atom is -0.480 e. The van der Waals surface area contributed by atoms with Crippen LogP contribution in [0.5, 0.6) is 0 Å². The highest BCUT2D eigenvalue weighted by Crippen LogP contribution is 1.98. The van der Waals surface area contributed by atoms with Crippen LogP contribution in [0.2, 0.25) is 0 Å². The van der Waals surface area contributed by atoms with E-state index in [4.69, 9.17) is 5.11 Å². The maximum Gasteiger partial charge on any atom is 0.320 e. The summed E-state index contributed by atoms with van der Waals surface area (Å²) >= 11 is 0. The summed E-state index contributed by atoms with van der Waals surface area (Å²) in [5.74, 6) is -1.12. The fraction of sp³-hybridized carbons (Fsp3) is 0.429. The number of hydrogen-bond acceptors (Lipinski definition) is 3. The molecule has 0 saturated heterocycles. The van der Waals surface area contributed by atoms with Crippen LogP contribution in [-0.4, -0.2) is 29.6 Å². The summed E-state index contributed by atoms with van der Waals surface area (Å²) in [5, 5.41) is 14.4. The molecule has 0 bridgehead atoms. The highest BCUT2D eigenvalue weighted by atomic mass is 35.5. The van der Waals surface area contributed by atoms with E-state index < -0.39 is 12.0 Å². The smallest absolute Gasteiger partial charge is 0.320 e. The van der Waals surface area contributed by atoms with Crippen molar-refractivity contribution >= 4 is 24.3 Å². The lowest BCUT2D eigenvalue weighted by atomic mass is 10.1. The van der Waals surface area contributed by atoms with Crippen molar-refractivity contribution in [2.45, 2.75) is 32.4 Å². The molecule has 1 unspecified atom stereocenters. The van der Waals surface area contributed by atoms with Gasteiger partial charge in [-0.15, -0.1) is 12.4 Å². The van der Waals surface area contributed by atoms with E-state index >= 15 is 0 Å². The van der Waals surface area contributed by atoms with Crippen LogP contribution in [-0.2, 0) is 16.1 Å². The number of rotatable bonds is 8. The Morgan fingerprint density at radius 1 is 1.25 bits per heavy atom. The third kappa shape index (κ3) is 7.11. The van der Waals surface area contributed by atoms with E-state index in [2.05, 4.69) is 10.6 Å². The van der Waals surface area contributed by atoms with Crippen LogP contribution < -0.4 is 10.6 Å². The number of carbonyl (C=O) groups excluding carboxylic acids is 1. The monoisotopic (exact) mass is 300 g/mol. The molecule has 0 aromatic heterocycles. The van der Waals surface area contributed by atoms with E-state index in [0.29, 0.717) is 13.0 Å². The Morgan fingerprint density at radius 3 is 2.45 bits per heavy atom. The number of nitrogens with one attached hydrogen (secondary N) is 2. The molecule has 3 N–H and O–H groups in total. The number of hydrogen-bond donors (Lipinski definition) is 3. The highest BCUT2D eigenvalue weighted by molar-refractivity contribution is 5.85. The summed E-state index contributed by atoms with van der Waals surface area (Å²) in [5.41, 5.74) is 1.01. The average Bonchev–Trinajstić information content (AvgIpc) is 2.42. The fourth-order valence-electron chi connectivity index (χ4n) is 1.68. The van der Waals surface area contributed by atoms with Crippen molar-refractivity contribution in [1.29, 1.82) is 0 Å². The second-order valence-electron chi connectivity index (χ2n) is 4.32. The van der Waals surface area contributed by atoms with Gasteiger partial charge in [0.05, 0.1) is 6.54 Å². The van der Waals surface area contributed by atoms with Crippen LogP contribution in [0.4, 0.5) is 0 Å². The highest BCUT2D eigenvalue weighted by Gasteiger charge is 2.16. The van der Waals surface area contributed by atoms with Crippen LogP contribution in [0.3, 0.4) is 0 Å². The Balaban J connectivity index is 0.00000361. The average molecular weight is 301 g/mol. The minimum absolute atomic E-state index is 0. The summed E-state index contributed by atoms with van der Waals surface area (Å²) in [4.78, 5) is 22.5. The zero-order chi connectivity index (χ0) is 14.1. The predicted octanol–water partition coefficient (Wildman–Crippen LogP) is 1.57. The van der Waals surface area contributed by atoms with E-state index in [1.807, 2.05) is 37.3 Å². The van der Waals surface area contributed by atoms with Gasteiger partial charge in [0.1, 0.15) is 6.04 Å². The van der Waals surface area contributed by atoms with Crippen molar-refractivity contribution in [1.82, 2.24) is 10.6 Å². The van der Waals surface area contributed by atoms with Crippen molar-refractivity contribution in [3.05, 3.63) is 35.9 Å². The lowest BCUT2D eigenvalue weighted by molar-refractivity contribution is -0.139. The van der Waals surface area contributed by atoms with Gasteiger partial charge in [-0.3, -0.25) is 14.9 Å². The van der Waals surface area contributed by atoms with Gasteiger partial charge in [0.15, 0.2) is 0 Å². The minimum atomic E-state index is -0.919. The summed E-state index contributed by atoms with van der Waals surface area (Å²) in [6.07, 6.45) is 1.27. The number of carbonyl (C=O) groups is 2. The molecule has 0 aliphatic heterocycles. The molecule has 5 nitrogen and oxygen atoms in total. The molecular weight excluding hydrogens is 280 g/mol. The first-order chi connectivity index (χ1) is 9.13. The van der Waals surface area contributed by atoms with Crippen molar-refractivity contribution < 1.29 is 14.7 Å². The molecule has 0 aliphatic rings. The molecule has 0 fully saturated rings. The standard InChI is InChI=1S/C14H20N2O3.ClH/c1-2-6-12(14(18)19)15-10-13(17)16-9-11-7-4-3-5-8-11;/h3-5,7-8,12,15H,2,6,9-10H2,1H3,(H,16,17)(H,18,19);1H. The Labute approximate surface area is 125 Å². The second kappa shape index (κ2) is 10.2. The number of carboxylic acids is 1. The van der Waals surface area contributed by atoms with Crippen LogP contribution in [0.15, 0.2) is 30.3 Å². The Morgan fingerprint density at radius 2 is 1.90 bits per heavy atom. The van der Waals surface area contributed by atoms with E-state index in [-0.39, 0.29) is 24.9 Å². The molecular formula is C14H21ClN2O3. The second-order valence-corrected chi connectivity index (χ2v) is 4.32. The van der Waals surface area contributed by atoms with Crippen molar-refractivity contribution in [3.63, 3.8) is 0 Å². The summed E-state index contributed by atoms with van der Waals surface area (Å²) in [6.45, 7) is 2.38. The van der Waals surface area contributed by atoms with Crippen molar-refractivity contribution in [3.8, 4) is 0 Å². The Kier molecular flexibility index (Phi) is 9.41. The van der Waals surface area contributed by atoms with E-state index in [1.54, 1.807) is 0 Å². The number of amides is 1.